The number of halogens is 2. The summed E-state index contributed by atoms with van der Waals surface area (Å²) in [6.45, 7) is -0.181. The molecule has 116 valence electrons. The van der Waals surface area contributed by atoms with Gasteiger partial charge < -0.3 is 10.6 Å². The van der Waals surface area contributed by atoms with E-state index in [1.54, 1.807) is 24.3 Å². The third-order valence-corrected chi connectivity index (χ3v) is 3.64. The summed E-state index contributed by atoms with van der Waals surface area (Å²) in [6, 6.07) is 11.3. The van der Waals surface area contributed by atoms with E-state index >= 15 is 0 Å². The normalized spacial score (nSPS) is 9.78. The molecule has 2 amide bonds. The quantitative estimate of drug-likeness (QED) is 0.834. The maximum Gasteiger partial charge on any atom is 0.251 e. The third kappa shape index (κ3) is 4.75. The second kappa shape index (κ2) is 7.68. The van der Waals surface area contributed by atoms with Crippen LogP contribution in [0.2, 0.25) is 10.0 Å². The van der Waals surface area contributed by atoms with Crippen LogP contribution in [0, 0.1) is 12.3 Å². The highest BCUT2D eigenvalue weighted by Gasteiger charge is 2.10. The summed E-state index contributed by atoms with van der Waals surface area (Å²) in [5, 5.41) is 5.78. The molecule has 0 bridgehead atoms. The topological polar surface area (TPSA) is 58.2 Å². The van der Waals surface area contributed by atoms with E-state index < -0.39 is 5.91 Å². The van der Waals surface area contributed by atoms with Crippen molar-refractivity contribution in [1.82, 2.24) is 5.32 Å². The van der Waals surface area contributed by atoms with Gasteiger partial charge in [0.25, 0.3) is 5.91 Å². The predicted molar refractivity (Wildman–Crippen MR) is 91.8 cm³/mol. The van der Waals surface area contributed by atoms with E-state index in [0.29, 0.717) is 21.8 Å². The SMILES string of the molecule is C#Cc1cccc(NC(=O)CNC(=O)c2ccc(Cl)c(Cl)c2)c1. The van der Waals surface area contributed by atoms with Crippen molar-refractivity contribution in [2.24, 2.45) is 0 Å². The third-order valence-electron chi connectivity index (χ3n) is 2.90. The molecule has 0 saturated carbocycles. The first-order valence-electron chi connectivity index (χ1n) is 6.59. The lowest BCUT2D eigenvalue weighted by molar-refractivity contribution is -0.115. The summed E-state index contributed by atoms with van der Waals surface area (Å²) >= 11 is 11.6. The predicted octanol–water partition coefficient (Wildman–Crippen LogP) is 3.34. The number of hydrogen-bond acceptors (Lipinski definition) is 2. The molecule has 0 aliphatic carbocycles. The fourth-order valence-corrected chi connectivity index (χ4v) is 2.09. The standard InChI is InChI=1S/C17H12Cl2N2O2/c1-2-11-4-3-5-13(8-11)21-16(22)10-20-17(23)12-6-7-14(18)15(19)9-12/h1,3-9H,10H2,(H,20,23)(H,21,22). The highest BCUT2D eigenvalue weighted by molar-refractivity contribution is 6.42. The molecule has 0 unspecified atom stereocenters. The molecule has 0 aliphatic rings. The van der Waals surface area contributed by atoms with Crippen LogP contribution in [0.4, 0.5) is 5.69 Å². The highest BCUT2D eigenvalue weighted by atomic mass is 35.5. The van der Waals surface area contributed by atoms with Crippen LogP contribution in [0.5, 0.6) is 0 Å². The van der Waals surface area contributed by atoms with Gasteiger partial charge in [0.15, 0.2) is 0 Å². The molecule has 4 nitrogen and oxygen atoms in total. The van der Waals surface area contributed by atoms with Crippen molar-refractivity contribution in [3.63, 3.8) is 0 Å². The summed E-state index contributed by atoms with van der Waals surface area (Å²) in [6.07, 6.45) is 5.30. The lowest BCUT2D eigenvalue weighted by Gasteiger charge is -2.08. The van der Waals surface area contributed by atoms with Gasteiger partial charge in [-0.25, -0.2) is 0 Å². The van der Waals surface area contributed by atoms with Crippen LogP contribution in [0.15, 0.2) is 42.5 Å². The van der Waals surface area contributed by atoms with Gasteiger partial charge in [0.1, 0.15) is 0 Å². The van der Waals surface area contributed by atoms with Gasteiger partial charge in [-0.3, -0.25) is 9.59 Å². The Bertz CT molecular complexity index is 797. The number of benzene rings is 2. The van der Waals surface area contributed by atoms with E-state index in [1.165, 1.54) is 18.2 Å². The summed E-state index contributed by atoms with van der Waals surface area (Å²) in [4.78, 5) is 23.8. The minimum atomic E-state index is -0.420. The summed E-state index contributed by atoms with van der Waals surface area (Å²) in [7, 11) is 0. The minimum absolute atomic E-state index is 0.181. The van der Waals surface area contributed by atoms with Crippen LogP contribution in [-0.2, 0) is 4.79 Å². The Labute approximate surface area is 143 Å². The molecule has 2 N–H and O–H groups in total. The van der Waals surface area contributed by atoms with Crippen molar-refractivity contribution in [1.29, 1.82) is 0 Å². The van der Waals surface area contributed by atoms with Crippen LogP contribution in [0.3, 0.4) is 0 Å². The summed E-state index contributed by atoms with van der Waals surface area (Å²) < 4.78 is 0. The Morgan fingerprint density at radius 1 is 1.09 bits per heavy atom. The monoisotopic (exact) mass is 346 g/mol. The van der Waals surface area contributed by atoms with E-state index in [1.807, 2.05) is 0 Å². The summed E-state index contributed by atoms with van der Waals surface area (Å²) in [5.74, 6) is 1.69. The van der Waals surface area contributed by atoms with Gasteiger partial charge in [-0.15, -0.1) is 6.42 Å². The van der Waals surface area contributed by atoms with Crippen molar-refractivity contribution in [3.05, 3.63) is 63.6 Å². The second-order valence-electron chi connectivity index (χ2n) is 4.58. The maximum absolute atomic E-state index is 11.9. The van der Waals surface area contributed by atoms with Crippen LogP contribution in [0.1, 0.15) is 15.9 Å². The van der Waals surface area contributed by atoms with E-state index in [0.717, 1.165) is 0 Å². The van der Waals surface area contributed by atoms with Crippen molar-refractivity contribution in [3.8, 4) is 12.3 Å². The van der Waals surface area contributed by atoms with E-state index in [9.17, 15) is 9.59 Å². The van der Waals surface area contributed by atoms with Gasteiger partial charge in [0.2, 0.25) is 5.91 Å². The van der Waals surface area contributed by atoms with Crippen LogP contribution in [0.25, 0.3) is 0 Å². The van der Waals surface area contributed by atoms with Gasteiger partial charge in [-0.2, -0.15) is 0 Å². The molecule has 2 aromatic carbocycles. The van der Waals surface area contributed by atoms with E-state index in [2.05, 4.69) is 16.6 Å². The lowest BCUT2D eigenvalue weighted by atomic mass is 10.2. The van der Waals surface area contributed by atoms with Gasteiger partial charge >= 0.3 is 0 Å². The first-order chi connectivity index (χ1) is 11.0. The molecule has 0 radical (unpaired) electrons. The summed E-state index contributed by atoms with van der Waals surface area (Å²) in [5.41, 5.74) is 1.54. The molecular formula is C17H12Cl2N2O2. The first-order valence-corrected chi connectivity index (χ1v) is 7.35. The molecule has 2 aromatic rings. The Morgan fingerprint density at radius 3 is 2.57 bits per heavy atom. The Morgan fingerprint density at radius 2 is 1.87 bits per heavy atom. The van der Waals surface area contributed by atoms with Crippen LogP contribution < -0.4 is 10.6 Å². The van der Waals surface area contributed by atoms with Gasteiger partial charge in [-0.05, 0) is 36.4 Å². The fourth-order valence-electron chi connectivity index (χ4n) is 1.79. The first kappa shape index (κ1) is 16.9. The number of nitrogens with one attached hydrogen (secondary N) is 2. The molecule has 2 rings (SSSR count). The van der Waals surface area contributed by atoms with E-state index in [4.69, 9.17) is 29.6 Å². The molecule has 0 spiro atoms. The average molecular weight is 347 g/mol. The fraction of sp³-hybridized carbons (Fsp3) is 0.0588. The second-order valence-corrected chi connectivity index (χ2v) is 5.40. The molecular weight excluding hydrogens is 335 g/mol. The lowest BCUT2D eigenvalue weighted by Crippen LogP contribution is -2.32. The van der Waals surface area contributed by atoms with E-state index in [-0.39, 0.29) is 17.5 Å². The largest absolute Gasteiger partial charge is 0.343 e. The number of amides is 2. The molecule has 23 heavy (non-hydrogen) atoms. The van der Waals surface area contributed by atoms with Crippen molar-refractivity contribution in [2.45, 2.75) is 0 Å². The Kier molecular flexibility index (Phi) is 5.64. The smallest absolute Gasteiger partial charge is 0.251 e. The molecule has 0 heterocycles. The number of anilines is 1. The Balaban J connectivity index is 1.92. The van der Waals surface area contributed by atoms with Gasteiger partial charge in [0, 0.05) is 16.8 Å². The molecule has 0 atom stereocenters. The number of rotatable bonds is 4. The maximum atomic E-state index is 11.9. The van der Waals surface area contributed by atoms with Gasteiger partial charge in [0.05, 0.1) is 16.6 Å². The number of carbonyl (C=O) groups is 2. The average Bonchev–Trinajstić information content (AvgIpc) is 2.55. The molecule has 6 heteroatoms. The highest BCUT2D eigenvalue weighted by Crippen LogP contribution is 2.22. The number of hydrogen-bond donors (Lipinski definition) is 2. The molecule has 0 saturated heterocycles. The van der Waals surface area contributed by atoms with Gasteiger partial charge in [-0.1, -0.05) is 35.2 Å². The van der Waals surface area contributed by atoms with Crippen molar-refractivity contribution < 1.29 is 9.59 Å². The van der Waals surface area contributed by atoms with Crippen LogP contribution >= 0.6 is 23.2 Å². The van der Waals surface area contributed by atoms with Crippen LogP contribution in [-0.4, -0.2) is 18.4 Å². The Hall–Kier alpha value is -2.48. The molecule has 0 aliphatic heterocycles. The zero-order valence-electron chi connectivity index (χ0n) is 11.9. The molecule has 0 aromatic heterocycles. The number of terminal acetylenes is 1. The molecule has 0 fully saturated rings. The minimum Gasteiger partial charge on any atom is -0.343 e. The zero-order valence-corrected chi connectivity index (χ0v) is 13.4. The number of carbonyl (C=O) groups excluding carboxylic acids is 2. The van der Waals surface area contributed by atoms with Crippen molar-refractivity contribution in [2.75, 3.05) is 11.9 Å². The zero-order chi connectivity index (χ0) is 16.8. The van der Waals surface area contributed by atoms with Crippen molar-refractivity contribution >= 4 is 40.7 Å².